The minimum atomic E-state index is -0.594. The zero-order valence-corrected chi connectivity index (χ0v) is 13.0. The molecule has 23 heavy (non-hydrogen) atoms. The molecule has 0 radical (unpaired) electrons. The van der Waals surface area contributed by atoms with Crippen LogP contribution in [0.4, 0.5) is 15.8 Å². The number of rotatable bonds is 5. The lowest BCUT2D eigenvalue weighted by molar-refractivity contribution is -0.111. The van der Waals surface area contributed by atoms with Gasteiger partial charge in [0.15, 0.2) is 0 Å². The van der Waals surface area contributed by atoms with E-state index in [4.69, 9.17) is 0 Å². The molecule has 0 saturated carbocycles. The van der Waals surface area contributed by atoms with Crippen LogP contribution in [0.1, 0.15) is 30.4 Å². The predicted molar refractivity (Wildman–Crippen MR) is 88.0 cm³/mol. The number of nitrogens with one attached hydrogen (secondary N) is 2. The number of aromatic nitrogens is 1. The van der Waals surface area contributed by atoms with Gasteiger partial charge in [-0.25, -0.2) is 4.39 Å². The summed E-state index contributed by atoms with van der Waals surface area (Å²) >= 11 is 0. The molecule has 2 amide bonds. The third-order valence-electron chi connectivity index (χ3n) is 3.24. The molecule has 120 valence electrons. The van der Waals surface area contributed by atoms with Crippen molar-refractivity contribution in [3.05, 3.63) is 60.7 Å². The van der Waals surface area contributed by atoms with Gasteiger partial charge in [0.05, 0.1) is 5.69 Å². The van der Waals surface area contributed by atoms with Gasteiger partial charge in [0.25, 0.3) is 5.91 Å². The van der Waals surface area contributed by atoms with Crippen LogP contribution >= 0.6 is 0 Å². The van der Waals surface area contributed by atoms with Crippen molar-refractivity contribution < 1.29 is 14.0 Å². The summed E-state index contributed by atoms with van der Waals surface area (Å²) < 4.78 is 15.5. The number of halogens is 1. The van der Waals surface area contributed by atoms with Gasteiger partial charge in [-0.15, -0.1) is 0 Å². The number of amides is 2. The van der Waals surface area contributed by atoms with Gasteiger partial charge in [-0.05, 0) is 50.3 Å². The summed E-state index contributed by atoms with van der Waals surface area (Å²) in [6, 6.07) is 7.60. The minimum absolute atomic E-state index is 0.0213. The molecule has 2 N–H and O–H groups in total. The number of hydrogen-bond donors (Lipinski definition) is 2. The fraction of sp³-hybridized carbons (Fsp3) is 0.176. The average molecular weight is 315 g/mol. The van der Waals surface area contributed by atoms with E-state index in [1.54, 1.807) is 12.1 Å². The van der Waals surface area contributed by atoms with Crippen molar-refractivity contribution in [2.75, 3.05) is 10.6 Å². The predicted octanol–water partition coefficient (Wildman–Crippen LogP) is 3.58. The fourth-order valence-corrected chi connectivity index (χ4v) is 2.11. The van der Waals surface area contributed by atoms with Crippen molar-refractivity contribution in [3.63, 3.8) is 0 Å². The standard InChI is InChI=1S/C17H18FN3O2/c1-4-16(22)20-14-10-12(7-8-13(14)18)19-17(23)15-6-5-9-21(15)11(2)3/h4-11H,1H2,2-3H3,(H,19,23)(H,20,22). The molecule has 0 aliphatic rings. The van der Waals surface area contributed by atoms with Crippen molar-refractivity contribution in [2.24, 2.45) is 0 Å². The second kappa shape index (κ2) is 6.91. The van der Waals surface area contributed by atoms with E-state index in [1.807, 2.05) is 24.6 Å². The van der Waals surface area contributed by atoms with Gasteiger partial charge in [0, 0.05) is 17.9 Å². The highest BCUT2D eigenvalue weighted by Crippen LogP contribution is 2.21. The Morgan fingerprint density at radius 1 is 1.26 bits per heavy atom. The largest absolute Gasteiger partial charge is 0.341 e. The van der Waals surface area contributed by atoms with Crippen molar-refractivity contribution >= 4 is 23.2 Å². The van der Waals surface area contributed by atoms with Crippen molar-refractivity contribution in [2.45, 2.75) is 19.9 Å². The smallest absolute Gasteiger partial charge is 0.272 e. The maximum absolute atomic E-state index is 13.7. The van der Waals surface area contributed by atoms with Gasteiger partial charge in [-0.2, -0.15) is 0 Å². The summed E-state index contributed by atoms with van der Waals surface area (Å²) in [6.45, 7) is 7.25. The topological polar surface area (TPSA) is 63.1 Å². The molecule has 0 unspecified atom stereocenters. The van der Waals surface area contributed by atoms with Crippen molar-refractivity contribution in [1.82, 2.24) is 4.57 Å². The first-order valence-electron chi connectivity index (χ1n) is 7.13. The van der Waals surface area contributed by atoms with E-state index in [-0.39, 0.29) is 17.6 Å². The monoisotopic (exact) mass is 315 g/mol. The number of anilines is 2. The summed E-state index contributed by atoms with van der Waals surface area (Å²) in [7, 11) is 0. The van der Waals surface area contributed by atoms with Gasteiger partial charge in [-0.1, -0.05) is 6.58 Å². The lowest BCUT2D eigenvalue weighted by Gasteiger charge is -2.13. The number of nitrogens with zero attached hydrogens (tertiary/aromatic N) is 1. The van der Waals surface area contributed by atoms with Gasteiger partial charge in [0.1, 0.15) is 11.5 Å². The number of carbonyl (C=O) groups is 2. The zero-order valence-electron chi connectivity index (χ0n) is 13.0. The lowest BCUT2D eigenvalue weighted by Crippen LogP contribution is -2.18. The average Bonchev–Trinajstić information content (AvgIpc) is 3.00. The van der Waals surface area contributed by atoms with E-state index < -0.39 is 11.7 Å². The Hall–Kier alpha value is -2.89. The van der Waals surface area contributed by atoms with E-state index in [0.717, 1.165) is 6.08 Å². The Kier molecular flexibility index (Phi) is 4.95. The molecular weight excluding hydrogens is 297 g/mol. The van der Waals surface area contributed by atoms with Crippen LogP contribution in [0.15, 0.2) is 49.2 Å². The van der Waals surface area contributed by atoms with Gasteiger partial charge in [0.2, 0.25) is 5.91 Å². The number of benzene rings is 1. The first-order chi connectivity index (χ1) is 10.9. The lowest BCUT2D eigenvalue weighted by atomic mass is 10.2. The van der Waals surface area contributed by atoms with Crippen molar-refractivity contribution in [1.29, 1.82) is 0 Å². The Morgan fingerprint density at radius 3 is 2.65 bits per heavy atom. The molecule has 5 nitrogen and oxygen atoms in total. The molecule has 1 aromatic carbocycles. The normalized spacial score (nSPS) is 10.4. The Bertz CT molecular complexity index is 750. The van der Waals surface area contributed by atoms with Crippen LogP contribution in [0.25, 0.3) is 0 Å². The van der Waals surface area contributed by atoms with Crippen LogP contribution < -0.4 is 10.6 Å². The SMILES string of the molecule is C=CC(=O)Nc1cc(NC(=O)c2cccn2C(C)C)ccc1F. The molecule has 1 heterocycles. The van der Waals surface area contributed by atoms with Gasteiger partial charge in [-0.3, -0.25) is 9.59 Å². The van der Waals surface area contributed by atoms with E-state index in [2.05, 4.69) is 17.2 Å². The van der Waals surface area contributed by atoms with Crippen LogP contribution in [0.5, 0.6) is 0 Å². The molecule has 0 aliphatic heterocycles. The molecule has 0 aliphatic carbocycles. The highest BCUT2D eigenvalue weighted by Gasteiger charge is 2.14. The van der Waals surface area contributed by atoms with Crippen molar-refractivity contribution in [3.8, 4) is 0 Å². The van der Waals surface area contributed by atoms with E-state index in [1.165, 1.54) is 18.2 Å². The molecule has 0 atom stereocenters. The highest BCUT2D eigenvalue weighted by molar-refractivity contribution is 6.04. The first kappa shape index (κ1) is 16.5. The van der Waals surface area contributed by atoms with Crippen LogP contribution in [0.3, 0.4) is 0 Å². The minimum Gasteiger partial charge on any atom is -0.341 e. The summed E-state index contributed by atoms with van der Waals surface area (Å²) in [6.07, 6.45) is 2.86. The Labute approximate surface area is 133 Å². The quantitative estimate of drug-likeness (QED) is 0.828. The molecule has 6 heteroatoms. The summed E-state index contributed by atoms with van der Waals surface area (Å²) in [5, 5.41) is 5.04. The maximum atomic E-state index is 13.7. The maximum Gasteiger partial charge on any atom is 0.272 e. The second-order valence-corrected chi connectivity index (χ2v) is 5.24. The van der Waals surface area contributed by atoms with Gasteiger partial charge < -0.3 is 15.2 Å². The van der Waals surface area contributed by atoms with E-state index in [0.29, 0.717) is 11.4 Å². The second-order valence-electron chi connectivity index (χ2n) is 5.24. The molecule has 2 aromatic rings. The molecular formula is C17H18FN3O2. The zero-order chi connectivity index (χ0) is 17.0. The van der Waals surface area contributed by atoms with Crippen LogP contribution in [-0.4, -0.2) is 16.4 Å². The Morgan fingerprint density at radius 2 is 2.00 bits per heavy atom. The fourth-order valence-electron chi connectivity index (χ4n) is 2.11. The highest BCUT2D eigenvalue weighted by atomic mass is 19.1. The van der Waals surface area contributed by atoms with E-state index in [9.17, 15) is 14.0 Å². The first-order valence-corrected chi connectivity index (χ1v) is 7.13. The van der Waals surface area contributed by atoms with Crippen LogP contribution in [0.2, 0.25) is 0 Å². The van der Waals surface area contributed by atoms with E-state index >= 15 is 0 Å². The Balaban J connectivity index is 2.21. The summed E-state index contributed by atoms with van der Waals surface area (Å²) in [5.74, 6) is -1.43. The van der Waals surface area contributed by atoms with Crippen LogP contribution in [0, 0.1) is 5.82 Å². The summed E-state index contributed by atoms with van der Waals surface area (Å²) in [4.78, 5) is 23.6. The van der Waals surface area contributed by atoms with Gasteiger partial charge >= 0.3 is 0 Å². The van der Waals surface area contributed by atoms with Crippen LogP contribution in [-0.2, 0) is 4.79 Å². The number of hydrogen-bond acceptors (Lipinski definition) is 2. The number of carbonyl (C=O) groups excluding carboxylic acids is 2. The molecule has 0 fully saturated rings. The summed E-state index contributed by atoms with van der Waals surface area (Å²) in [5.41, 5.74) is 0.861. The molecule has 0 saturated heterocycles. The molecule has 2 rings (SSSR count). The molecule has 0 spiro atoms. The molecule has 1 aromatic heterocycles. The third kappa shape index (κ3) is 3.85. The third-order valence-corrected chi connectivity index (χ3v) is 3.24. The molecule has 0 bridgehead atoms.